The zero-order chi connectivity index (χ0) is 4.50. The second-order valence-electron chi connectivity index (χ2n) is 0.469. The van der Waals surface area contributed by atoms with Crippen LogP contribution in [0, 0.1) is 0 Å². The third-order valence-corrected chi connectivity index (χ3v) is 0. The first-order valence-corrected chi connectivity index (χ1v) is 3.89. The van der Waals surface area contributed by atoms with E-state index in [1.165, 1.54) is 0 Å². The Labute approximate surface area is 105 Å². The van der Waals surface area contributed by atoms with Crippen molar-refractivity contribution in [3.63, 3.8) is 0 Å². The Morgan fingerprint density at radius 1 is 1.00 bits per heavy atom. The molecule has 0 amide bonds. The van der Waals surface area contributed by atoms with Gasteiger partial charge < -0.3 is 16.4 Å². The summed E-state index contributed by atoms with van der Waals surface area (Å²) in [5.41, 5.74) is 0. The molecule has 0 heterocycles. The molecule has 10 heavy (non-hydrogen) atoms. The topological polar surface area (TPSA) is 178 Å². The first-order chi connectivity index (χ1) is 2.00. The SMILES string of the molecule is O.O.O.O=[As]([O-])([O-])O.[Na+].[Na+]. The van der Waals surface area contributed by atoms with Crippen LogP contribution in [-0.2, 0) is 3.74 Å². The molecule has 0 atom stereocenters. The Balaban J connectivity index is -0.00000000800. The fraction of sp³-hybridized carbons (Fsp3) is 0. The van der Waals surface area contributed by atoms with Gasteiger partial charge in [-0.2, -0.15) is 0 Å². The molecule has 0 aromatic rings. The van der Waals surface area contributed by atoms with E-state index in [1.54, 1.807) is 0 Å². The Bertz CT molecular complexity index is 57.7. The van der Waals surface area contributed by atoms with E-state index in [-0.39, 0.29) is 75.5 Å². The zero-order valence-corrected chi connectivity index (χ0v) is 11.5. The predicted molar refractivity (Wildman–Crippen MR) is 19.5 cm³/mol. The molecule has 0 aliphatic carbocycles. The Hall–Kier alpha value is 2.12. The maximum Gasteiger partial charge on any atom is 1.00 e. The quantitative estimate of drug-likeness (QED) is 0.413. The van der Waals surface area contributed by atoms with E-state index in [0.29, 0.717) is 0 Å². The van der Waals surface area contributed by atoms with Crippen LogP contribution >= 0.6 is 0 Å². The fourth-order valence-electron chi connectivity index (χ4n) is 0. The monoisotopic (exact) mass is 240 g/mol. The summed E-state index contributed by atoms with van der Waals surface area (Å²) in [5, 5.41) is 0. The molecule has 0 unspecified atom stereocenters. The van der Waals surface area contributed by atoms with E-state index < -0.39 is 14.5 Å². The van der Waals surface area contributed by atoms with E-state index in [0.717, 1.165) is 0 Å². The predicted octanol–water partition coefficient (Wildman–Crippen LogP) is -11.9. The van der Waals surface area contributed by atoms with Gasteiger partial charge in [0.05, 0.1) is 0 Å². The summed E-state index contributed by atoms with van der Waals surface area (Å²) < 4.78 is 33.2. The summed E-state index contributed by atoms with van der Waals surface area (Å²) >= 11 is -5.62. The average Bonchev–Trinajstić information content (AvgIpc) is 0.722. The van der Waals surface area contributed by atoms with Crippen molar-refractivity contribution in [3.8, 4) is 0 Å². The standard InChI is InChI=1S/AsH3O4.2Na.3H2O/c2-1(3,4)5;;;;;/h(H3,2,3,4,5);;;3*1H2/q;2*+1;;;/p-2. The van der Waals surface area contributed by atoms with Gasteiger partial charge in [-0.15, -0.1) is 0 Å². The van der Waals surface area contributed by atoms with Crippen molar-refractivity contribution in [2.75, 3.05) is 0 Å². The summed E-state index contributed by atoms with van der Waals surface area (Å²) in [7, 11) is 0. The van der Waals surface area contributed by atoms with Crippen molar-refractivity contribution in [2.45, 2.75) is 0 Å². The molecule has 10 heteroatoms. The van der Waals surface area contributed by atoms with Crippen molar-refractivity contribution in [2.24, 2.45) is 0 Å². The van der Waals surface area contributed by atoms with Gasteiger partial charge in [-0.3, -0.25) is 0 Å². The van der Waals surface area contributed by atoms with Gasteiger partial charge >= 0.3 is 89.7 Å². The molecule has 0 saturated carbocycles. The van der Waals surface area contributed by atoms with Crippen LogP contribution in [0.1, 0.15) is 0 Å². The maximum atomic E-state index is 8.72. The Morgan fingerprint density at radius 3 is 1.00 bits per heavy atom. The first-order valence-electron chi connectivity index (χ1n) is 0.748. The molecular formula is H7AsNa2O7. The van der Waals surface area contributed by atoms with Gasteiger partial charge in [-0.05, 0) is 0 Å². The number of hydrogen-bond donors (Lipinski definition) is 1. The molecular weight excluding hydrogens is 233 g/mol. The molecule has 0 bridgehead atoms. The molecule has 7 N–H and O–H groups in total. The number of hydrogen-bond acceptors (Lipinski definition) is 3. The van der Waals surface area contributed by atoms with Gasteiger partial charge in [-0.1, -0.05) is 0 Å². The van der Waals surface area contributed by atoms with Crippen LogP contribution in [-0.4, -0.2) is 35.0 Å². The minimum atomic E-state index is -5.62. The summed E-state index contributed by atoms with van der Waals surface area (Å²) in [6, 6.07) is 0. The third kappa shape index (κ3) is 187. The minimum Gasteiger partial charge on any atom is 1.00 e. The van der Waals surface area contributed by atoms with Gasteiger partial charge in [0.2, 0.25) is 0 Å². The van der Waals surface area contributed by atoms with Gasteiger partial charge in [-0.25, -0.2) is 0 Å². The van der Waals surface area contributed by atoms with Gasteiger partial charge in [0.1, 0.15) is 0 Å². The zero-order valence-electron chi connectivity index (χ0n) is 5.62. The smallest absolute Gasteiger partial charge is 1.00 e. The molecule has 0 rings (SSSR count). The Morgan fingerprint density at radius 2 is 1.00 bits per heavy atom. The summed E-state index contributed by atoms with van der Waals surface area (Å²) in [6.07, 6.45) is 0. The van der Waals surface area contributed by atoms with E-state index in [1.807, 2.05) is 0 Å². The summed E-state index contributed by atoms with van der Waals surface area (Å²) in [4.78, 5) is 0. The van der Waals surface area contributed by atoms with E-state index in [9.17, 15) is 0 Å². The van der Waals surface area contributed by atoms with Crippen LogP contribution < -0.4 is 67.3 Å². The van der Waals surface area contributed by atoms with Crippen molar-refractivity contribution in [1.82, 2.24) is 0 Å². The van der Waals surface area contributed by atoms with Crippen molar-refractivity contribution < 1.29 is 91.6 Å². The summed E-state index contributed by atoms with van der Waals surface area (Å²) in [5.74, 6) is 0. The molecule has 7 nitrogen and oxygen atoms in total. The fourth-order valence-corrected chi connectivity index (χ4v) is 0. The minimum absolute atomic E-state index is 0. The van der Waals surface area contributed by atoms with Crippen molar-refractivity contribution >= 4 is 14.5 Å². The average molecular weight is 240 g/mol. The van der Waals surface area contributed by atoms with Gasteiger partial charge in [0.25, 0.3) is 0 Å². The van der Waals surface area contributed by atoms with Crippen LogP contribution in [0.3, 0.4) is 0 Å². The van der Waals surface area contributed by atoms with Gasteiger partial charge in [0.15, 0.2) is 0 Å². The molecule has 0 aromatic heterocycles. The van der Waals surface area contributed by atoms with Crippen LogP contribution in [0.25, 0.3) is 0 Å². The van der Waals surface area contributed by atoms with E-state index in [2.05, 4.69) is 0 Å². The molecule has 0 aromatic carbocycles. The van der Waals surface area contributed by atoms with E-state index >= 15 is 0 Å². The Kier molecular flexibility index (Phi) is 69.1. The molecule has 0 spiro atoms. The third-order valence-electron chi connectivity index (χ3n) is 0. The van der Waals surface area contributed by atoms with Crippen molar-refractivity contribution in [1.29, 1.82) is 0 Å². The first kappa shape index (κ1) is 40.0. The normalized spacial score (nSPS) is 5.90. The number of rotatable bonds is 0. The largest absolute Gasteiger partial charge is 1.00 e. The molecule has 0 aliphatic heterocycles. The second kappa shape index (κ2) is 17.3. The summed E-state index contributed by atoms with van der Waals surface area (Å²) in [6.45, 7) is 0. The van der Waals surface area contributed by atoms with Gasteiger partial charge in [0, 0.05) is 0 Å². The molecule has 0 saturated heterocycles. The van der Waals surface area contributed by atoms with Crippen LogP contribution in [0.5, 0.6) is 0 Å². The molecule has 0 fully saturated rings. The van der Waals surface area contributed by atoms with Crippen LogP contribution in [0.15, 0.2) is 0 Å². The maximum absolute atomic E-state index is 8.72. The molecule has 0 radical (unpaired) electrons. The molecule has 56 valence electrons. The van der Waals surface area contributed by atoms with Crippen LogP contribution in [0.2, 0.25) is 0 Å². The second-order valence-corrected chi connectivity index (χ2v) is 2.43. The molecule has 0 aliphatic rings. The van der Waals surface area contributed by atoms with Crippen molar-refractivity contribution in [3.05, 3.63) is 0 Å². The van der Waals surface area contributed by atoms with Crippen LogP contribution in [0.4, 0.5) is 0 Å². The van der Waals surface area contributed by atoms with E-state index in [4.69, 9.17) is 16.0 Å².